The molecule has 0 aromatic heterocycles. The molecule has 1 aliphatic heterocycles. The fourth-order valence-corrected chi connectivity index (χ4v) is 4.31. The number of hydrogen-bond donors (Lipinski definition) is 1. The summed E-state index contributed by atoms with van der Waals surface area (Å²) >= 11 is 5.56. The third-order valence-corrected chi connectivity index (χ3v) is 5.52. The Bertz CT molecular complexity index is 410. The Labute approximate surface area is 132 Å². The van der Waals surface area contributed by atoms with Gasteiger partial charge in [0.15, 0.2) is 5.11 Å². The van der Waals surface area contributed by atoms with Gasteiger partial charge in [0, 0.05) is 32.2 Å². The second-order valence-corrected chi connectivity index (χ2v) is 6.79. The summed E-state index contributed by atoms with van der Waals surface area (Å²) in [5.74, 6) is 1.75. The van der Waals surface area contributed by atoms with E-state index in [1.54, 1.807) is 4.90 Å². The molecule has 5 nitrogen and oxygen atoms in total. The second kappa shape index (κ2) is 6.38. The van der Waals surface area contributed by atoms with Gasteiger partial charge in [0.1, 0.15) is 0 Å². The van der Waals surface area contributed by atoms with Crippen LogP contribution in [0.1, 0.15) is 32.6 Å². The van der Waals surface area contributed by atoms with Crippen LogP contribution in [0.15, 0.2) is 0 Å². The molecule has 2 saturated carbocycles. The minimum absolute atomic E-state index is 0.205. The molecule has 1 heterocycles. The molecule has 0 spiro atoms. The third-order valence-electron chi connectivity index (χ3n) is 5.14. The number of carbonyl (C=O) groups excluding carboxylic acids is 1. The Hall–Kier alpha value is -1.04. The average Bonchev–Trinajstić information content (AvgIpc) is 3.10. The van der Waals surface area contributed by atoms with E-state index in [2.05, 4.69) is 10.2 Å². The van der Waals surface area contributed by atoms with Crippen LogP contribution in [0.5, 0.6) is 0 Å². The van der Waals surface area contributed by atoms with Crippen LogP contribution < -0.4 is 5.32 Å². The number of nitrogens with zero attached hydrogens (tertiary/aromatic N) is 2. The van der Waals surface area contributed by atoms with Gasteiger partial charge in [0.25, 0.3) is 0 Å². The van der Waals surface area contributed by atoms with Gasteiger partial charge in [-0.2, -0.15) is 0 Å². The minimum Gasteiger partial charge on any atom is -0.450 e. The first-order valence-electron chi connectivity index (χ1n) is 8.14. The van der Waals surface area contributed by atoms with Crippen LogP contribution in [0.4, 0.5) is 4.79 Å². The van der Waals surface area contributed by atoms with Gasteiger partial charge >= 0.3 is 6.09 Å². The highest BCUT2D eigenvalue weighted by Gasteiger charge is 2.40. The lowest BCUT2D eigenvalue weighted by atomic mass is 9.95. The minimum atomic E-state index is -0.205. The van der Waals surface area contributed by atoms with E-state index >= 15 is 0 Å². The van der Waals surface area contributed by atoms with Crippen molar-refractivity contribution in [3.05, 3.63) is 0 Å². The van der Waals surface area contributed by atoms with Gasteiger partial charge in [-0.1, -0.05) is 6.42 Å². The summed E-state index contributed by atoms with van der Waals surface area (Å²) < 4.78 is 5.04. The first kappa shape index (κ1) is 14.9. The average molecular weight is 311 g/mol. The van der Waals surface area contributed by atoms with Gasteiger partial charge < -0.3 is 19.9 Å². The predicted octanol–water partition coefficient (Wildman–Crippen LogP) is 1.82. The molecule has 0 unspecified atom stereocenters. The number of fused-ring (bicyclic) bond motifs is 2. The first-order chi connectivity index (χ1) is 10.2. The molecule has 0 radical (unpaired) electrons. The van der Waals surface area contributed by atoms with Crippen LogP contribution in [0, 0.1) is 11.8 Å². The molecule has 6 heteroatoms. The molecule has 2 aliphatic carbocycles. The Kier molecular flexibility index (Phi) is 4.52. The number of nitrogens with one attached hydrogen (secondary N) is 1. The SMILES string of the molecule is CCOC(=O)N1CCN(C(=S)N[C@H]2C[C@@H]3CC[C@@H]2C3)CC1. The standard InChI is InChI=1S/C15H25N3O2S/c1-2-20-15(19)18-7-5-17(6-8-18)14(21)16-13-10-11-3-4-12(13)9-11/h11-13H,2-10H2,1H3,(H,16,21)/t11-,12-,13+/m1/s1. The van der Waals surface area contributed by atoms with Crippen LogP contribution >= 0.6 is 12.2 Å². The van der Waals surface area contributed by atoms with Crippen LogP contribution in [-0.2, 0) is 4.74 Å². The fraction of sp³-hybridized carbons (Fsp3) is 0.867. The molecule has 118 valence electrons. The molecule has 3 rings (SSSR count). The van der Waals surface area contributed by atoms with Gasteiger partial charge in [-0.05, 0) is 50.2 Å². The number of piperazine rings is 1. The number of thiocarbonyl (C=S) groups is 1. The number of ether oxygens (including phenoxy) is 1. The Morgan fingerprint density at radius 2 is 1.90 bits per heavy atom. The molecule has 1 amide bonds. The van der Waals surface area contributed by atoms with Crippen molar-refractivity contribution in [1.29, 1.82) is 0 Å². The highest BCUT2D eigenvalue weighted by Crippen LogP contribution is 2.44. The monoisotopic (exact) mass is 311 g/mol. The second-order valence-electron chi connectivity index (χ2n) is 6.40. The van der Waals surface area contributed by atoms with Gasteiger partial charge in [0.05, 0.1) is 6.61 Å². The molecule has 3 fully saturated rings. The predicted molar refractivity (Wildman–Crippen MR) is 85.1 cm³/mol. The van der Waals surface area contributed by atoms with E-state index in [0.29, 0.717) is 25.7 Å². The van der Waals surface area contributed by atoms with Crippen LogP contribution in [0.2, 0.25) is 0 Å². The van der Waals surface area contributed by atoms with Crippen molar-refractivity contribution in [3.63, 3.8) is 0 Å². The number of hydrogen-bond acceptors (Lipinski definition) is 3. The molecule has 3 aliphatic rings. The maximum absolute atomic E-state index is 11.7. The maximum atomic E-state index is 11.7. The molecular formula is C15H25N3O2S. The lowest BCUT2D eigenvalue weighted by Crippen LogP contribution is -2.55. The topological polar surface area (TPSA) is 44.8 Å². The van der Waals surface area contributed by atoms with Crippen molar-refractivity contribution in [3.8, 4) is 0 Å². The smallest absolute Gasteiger partial charge is 0.409 e. The van der Waals surface area contributed by atoms with Crippen LogP contribution in [0.25, 0.3) is 0 Å². The van der Waals surface area contributed by atoms with E-state index in [-0.39, 0.29) is 6.09 Å². The van der Waals surface area contributed by atoms with E-state index in [0.717, 1.165) is 30.0 Å². The Morgan fingerprint density at radius 3 is 2.48 bits per heavy atom. The van der Waals surface area contributed by atoms with Crippen LogP contribution in [-0.4, -0.2) is 59.8 Å². The summed E-state index contributed by atoms with van der Waals surface area (Å²) in [6, 6.07) is 0.583. The summed E-state index contributed by atoms with van der Waals surface area (Å²) in [4.78, 5) is 15.6. The van der Waals surface area contributed by atoms with Gasteiger partial charge in [-0.3, -0.25) is 0 Å². The molecular weight excluding hydrogens is 286 g/mol. The molecule has 1 N–H and O–H groups in total. The zero-order valence-corrected chi connectivity index (χ0v) is 13.5. The maximum Gasteiger partial charge on any atom is 0.409 e. The molecule has 21 heavy (non-hydrogen) atoms. The van der Waals surface area contributed by atoms with Crippen molar-refractivity contribution in [2.45, 2.75) is 38.6 Å². The van der Waals surface area contributed by atoms with E-state index in [1.165, 1.54) is 25.7 Å². The van der Waals surface area contributed by atoms with Crippen molar-refractivity contribution >= 4 is 23.4 Å². The lowest BCUT2D eigenvalue weighted by molar-refractivity contribution is 0.0916. The van der Waals surface area contributed by atoms with E-state index in [9.17, 15) is 4.79 Å². The molecule has 0 aromatic carbocycles. The van der Waals surface area contributed by atoms with Crippen LogP contribution in [0.3, 0.4) is 0 Å². The van der Waals surface area contributed by atoms with Gasteiger partial charge in [-0.15, -0.1) is 0 Å². The highest BCUT2D eigenvalue weighted by atomic mass is 32.1. The quantitative estimate of drug-likeness (QED) is 0.788. The molecule has 1 saturated heterocycles. The van der Waals surface area contributed by atoms with Gasteiger partial charge in [0.2, 0.25) is 0 Å². The Morgan fingerprint density at radius 1 is 1.19 bits per heavy atom. The summed E-state index contributed by atoms with van der Waals surface area (Å²) in [7, 11) is 0. The van der Waals surface area contributed by atoms with E-state index in [4.69, 9.17) is 17.0 Å². The largest absolute Gasteiger partial charge is 0.450 e. The third kappa shape index (κ3) is 3.25. The van der Waals surface area contributed by atoms with E-state index < -0.39 is 0 Å². The summed E-state index contributed by atoms with van der Waals surface area (Å²) in [5, 5.41) is 4.44. The zero-order valence-electron chi connectivity index (χ0n) is 12.7. The number of amides is 1. The summed E-state index contributed by atoms with van der Waals surface area (Å²) in [6.07, 6.45) is 5.24. The fourth-order valence-electron chi connectivity index (χ4n) is 3.98. The Balaban J connectivity index is 1.44. The molecule has 0 aromatic rings. The zero-order chi connectivity index (χ0) is 14.8. The number of carbonyl (C=O) groups is 1. The van der Waals surface area contributed by atoms with Crippen molar-refractivity contribution in [2.24, 2.45) is 11.8 Å². The highest BCUT2D eigenvalue weighted by molar-refractivity contribution is 7.80. The lowest BCUT2D eigenvalue weighted by Gasteiger charge is -2.37. The number of rotatable bonds is 2. The van der Waals surface area contributed by atoms with Crippen molar-refractivity contribution < 1.29 is 9.53 Å². The first-order valence-corrected chi connectivity index (χ1v) is 8.55. The van der Waals surface area contributed by atoms with Gasteiger partial charge in [-0.25, -0.2) is 4.79 Å². The summed E-state index contributed by atoms with van der Waals surface area (Å²) in [5.41, 5.74) is 0. The molecule has 2 bridgehead atoms. The molecule has 3 atom stereocenters. The van der Waals surface area contributed by atoms with Crippen molar-refractivity contribution in [1.82, 2.24) is 15.1 Å². The summed E-state index contributed by atoms with van der Waals surface area (Å²) in [6.45, 7) is 5.25. The normalized spacial score (nSPS) is 31.4. The van der Waals surface area contributed by atoms with Crippen molar-refractivity contribution in [2.75, 3.05) is 32.8 Å². The van der Waals surface area contributed by atoms with E-state index in [1.807, 2.05) is 6.92 Å².